The van der Waals surface area contributed by atoms with Gasteiger partial charge in [0.15, 0.2) is 6.29 Å². The Hall–Kier alpha value is -1.02. The van der Waals surface area contributed by atoms with Gasteiger partial charge in [-0.15, -0.1) is 0 Å². The predicted octanol–water partition coefficient (Wildman–Crippen LogP) is 4.50. The standard InChI is InChI=1S/C22H30BrN3O2S/c23-18-6-7-20-19(15-18)26(22(28)29-20)21(16-27)25-13-8-17(9-14-25)5-1-2-10-24-11-3-4-12-24/h6-7,15-17,21H,1-5,8-14H2. The van der Waals surface area contributed by atoms with Gasteiger partial charge in [-0.1, -0.05) is 40.1 Å². The molecule has 0 aliphatic carbocycles. The summed E-state index contributed by atoms with van der Waals surface area (Å²) >= 11 is 4.70. The van der Waals surface area contributed by atoms with Crippen molar-refractivity contribution in [1.82, 2.24) is 14.4 Å². The van der Waals surface area contributed by atoms with Crippen molar-refractivity contribution in [2.24, 2.45) is 5.92 Å². The maximum absolute atomic E-state index is 12.6. The molecule has 0 amide bonds. The molecule has 2 saturated heterocycles. The topological polar surface area (TPSA) is 45.6 Å². The number of aldehydes is 1. The zero-order chi connectivity index (χ0) is 20.2. The molecule has 0 spiro atoms. The Bertz CT molecular complexity index is 882. The molecule has 158 valence electrons. The fraction of sp³-hybridized carbons (Fsp3) is 0.636. The smallest absolute Gasteiger partial charge is 0.303 e. The lowest BCUT2D eigenvalue weighted by Crippen LogP contribution is -2.42. The fourth-order valence-electron chi connectivity index (χ4n) is 4.85. The van der Waals surface area contributed by atoms with Crippen LogP contribution in [0.15, 0.2) is 27.5 Å². The van der Waals surface area contributed by atoms with Crippen LogP contribution < -0.4 is 4.87 Å². The normalized spacial score (nSPS) is 20.4. The second-order valence-electron chi connectivity index (χ2n) is 8.42. The minimum absolute atomic E-state index is 0.0563. The number of thiazole rings is 1. The van der Waals surface area contributed by atoms with E-state index in [1.165, 1.54) is 63.1 Å². The third-order valence-electron chi connectivity index (χ3n) is 6.52. The van der Waals surface area contributed by atoms with E-state index >= 15 is 0 Å². The van der Waals surface area contributed by atoms with Crippen LogP contribution in [0.3, 0.4) is 0 Å². The third-order valence-corrected chi connectivity index (χ3v) is 7.95. The van der Waals surface area contributed by atoms with E-state index in [0.29, 0.717) is 0 Å². The van der Waals surface area contributed by atoms with Gasteiger partial charge >= 0.3 is 4.87 Å². The second-order valence-corrected chi connectivity index (χ2v) is 10.3. The number of benzene rings is 1. The largest absolute Gasteiger partial charge is 0.309 e. The van der Waals surface area contributed by atoms with Crippen LogP contribution in [0.2, 0.25) is 0 Å². The summed E-state index contributed by atoms with van der Waals surface area (Å²) < 4.78 is 3.53. The quantitative estimate of drug-likeness (QED) is 0.412. The lowest BCUT2D eigenvalue weighted by Gasteiger charge is -2.35. The van der Waals surface area contributed by atoms with E-state index in [4.69, 9.17) is 0 Å². The van der Waals surface area contributed by atoms with Crippen molar-refractivity contribution in [3.05, 3.63) is 32.3 Å². The summed E-state index contributed by atoms with van der Waals surface area (Å²) in [6.07, 6.45) is 9.33. The number of unbranched alkanes of at least 4 members (excludes halogenated alkanes) is 1. The molecule has 7 heteroatoms. The summed E-state index contributed by atoms with van der Waals surface area (Å²) in [6, 6.07) is 5.82. The zero-order valence-corrected chi connectivity index (χ0v) is 19.3. The Morgan fingerprint density at radius 3 is 2.62 bits per heavy atom. The predicted molar refractivity (Wildman–Crippen MR) is 123 cm³/mol. The lowest BCUT2D eigenvalue weighted by molar-refractivity contribution is -0.116. The van der Waals surface area contributed by atoms with E-state index in [-0.39, 0.29) is 4.87 Å². The monoisotopic (exact) mass is 479 g/mol. The number of rotatable bonds is 8. The van der Waals surface area contributed by atoms with E-state index < -0.39 is 6.17 Å². The Balaban J connectivity index is 1.32. The molecule has 4 rings (SSSR count). The number of likely N-dealkylation sites (tertiary alicyclic amines) is 2. The first-order valence-electron chi connectivity index (χ1n) is 10.9. The second kappa shape index (κ2) is 9.86. The van der Waals surface area contributed by atoms with Gasteiger partial charge in [-0.25, -0.2) is 0 Å². The van der Waals surface area contributed by atoms with Crippen LogP contribution in [0.4, 0.5) is 0 Å². The van der Waals surface area contributed by atoms with Crippen LogP contribution in [0.5, 0.6) is 0 Å². The molecule has 2 aliphatic heterocycles. The fourth-order valence-corrected chi connectivity index (χ4v) is 6.09. The van der Waals surface area contributed by atoms with Crippen molar-refractivity contribution in [2.75, 3.05) is 32.7 Å². The molecule has 2 aromatic rings. The van der Waals surface area contributed by atoms with Crippen molar-refractivity contribution < 1.29 is 4.79 Å². The SMILES string of the molecule is O=CC(N1CCC(CCCCN2CCCC2)CC1)n1c(=O)sc2ccc(Br)cc21. The number of carbonyl (C=O) groups excluding carboxylic acids is 1. The Labute approximate surface area is 184 Å². The summed E-state index contributed by atoms with van der Waals surface area (Å²) in [4.78, 5) is 29.3. The van der Waals surface area contributed by atoms with Crippen molar-refractivity contribution >= 4 is 43.8 Å². The van der Waals surface area contributed by atoms with Gasteiger partial charge in [-0.2, -0.15) is 0 Å². The number of hydrogen-bond donors (Lipinski definition) is 0. The van der Waals surface area contributed by atoms with Crippen LogP contribution in [0.25, 0.3) is 10.2 Å². The number of nitrogens with zero attached hydrogens (tertiary/aromatic N) is 3. The van der Waals surface area contributed by atoms with E-state index in [1.807, 2.05) is 18.2 Å². The minimum atomic E-state index is -0.498. The first-order valence-corrected chi connectivity index (χ1v) is 12.5. The van der Waals surface area contributed by atoms with E-state index in [2.05, 4.69) is 25.7 Å². The number of piperidine rings is 1. The third kappa shape index (κ3) is 5.01. The molecule has 0 N–H and O–H groups in total. The molecule has 0 saturated carbocycles. The van der Waals surface area contributed by atoms with E-state index in [9.17, 15) is 9.59 Å². The van der Waals surface area contributed by atoms with Crippen LogP contribution in [-0.2, 0) is 4.79 Å². The van der Waals surface area contributed by atoms with Gasteiger partial charge in [-0.05, 0) is 75.9 Å². The lowest BCUT2D eigenvalue weighted by atomic mass is 9.91. The van der Waals surface area contributed by atoms with Gasteiger partial charge in [0.25, 0.3) is 0 Å². The summed E-state index contributed by atoms with van der Waals surface area (Å²) in [5.74, 6) is 0.752. The molecule has 1 unspecified atom stereocenters. The maximum atomic E-state index is 12.6. The molecule has 1 aromatic heterocycles. The summed E-state index contributed by atoms with van der Waals surface area (Å²) in [6.45, 7) is 5.61. The molecule has 0 bridgehead atoms. The van der Waals surface area contributed by atoms with Crippen molar-refractivity contribution in [3.8, 4) is 0 Å². The zero-order valence-electron chi connectivity index (χ0n) is 16.9. The number of carbonyl (C=O) groups is 1. The number of hydrogen-bond acceptors (Lipinski definition) is 5. The molecule has 29 heavy (non-hydrogen) atoms. The van der Waals surface area contributed by atoms with E-state index in [1.54, 1.807) is 4.57 Å². The van der Waals surface area contributed by atoms with Gasteiger partial charge in [0, 0.05) is 17.6 Å². The minimum Gasteiger partial charge on any atom is -0.303 e. The molecule has 0 radical (unpaired) electrons. The van der Waals surface area contributed by atoms with Crippen molar-refractivity contribution in [2.45, 2.75) is 51.1 Å². The Morgan fingerprint density at radius 2 is 1.90 bits per heavy atom. The highest BCUT2D eigenvalue weighted by Gasteiger charge is 2.28. The average molecular weight is 480 g/mol. The average Bonchev–Trinajstić information content (AvgIpc) is 3.35. The molecule has 2 fully saturated rings. The molecule has 1 aromatic carbocycles. The van der Waals surface area contributed by atoms with Crippen LogP contribution in [-0.4, -0.2) is 53.4 Å². The van der Waals surface area contributed by atoms with Crippen molar-refractivity contribution in [3.63, 3.8) is 0 Å². The molecule has 3 heterocycles. The summed E-state index contributed by atoms with van der Waals surface area (Å²) in [5, 5.41) is 0. The van der Waals surface area contributed by atoms with Crippen LogP contribution in [0, 0.1) is 5.92 Å². The first-order chi connectivity index (χ1) is 14.2. The van der Waals surface area contributed by atoms with Gasteiger partial charge in [0.05, 0.1) is 10.2 Å². The van der Waals surface area contributed by atoms with Crippen molar-refractivity contribution in [1.29, 1.82) is 0 Å². The molecule has 1 atom stereocenters. The molecule has 2 aliphatic rings. The van der Waals surface area contributed by atoms with Gasteiger partial charge < -0.3 is 4.90 Å². The highest BCUT2D eigenvalue weighted by Crippen LogP contribution is 2.29. The molecule has 5 nitrogen and oxygen atoms in total. The highest BCUT2D eigenvalue weighted by atomic mass is 79.9. The number of halogens is 1. The van der Waals surface area contributed by atoms with Crippen LogP contribution in [0.1, 0.15) is 51.1 Å². The maximum Gasteiger partial charge on any atom is 0.309 e. The molecular formula is C22H30BrN3O2S. The van der Waals surface area contributed by atoms with Crippen LogP contribution >= 0.6 is 27.3 Å². The molecular weight excluding hydrogens is 450 g/mol. The first kappa shape index (κ1) is 21.2. The van der Waals surface area contributed by atoms with Gasteiger partial charge in [-0.3, -0.25) is 19.1 Å². The van der Waals surface area contributed by atoms with E-state index in [0.717, 1.165) is 52.8 Å². The Kier molecular flexibility index (Phi) is 7.21. The van der Waals surface area contributed by atoms with Gasteiger partial charge in [0.1, 0.15) is 6.17 Å². The summed E-state index contributed by atoms with van der Waals surface area (Å²) in [5.41, 5.74) is 0.843. The number of fused-ring (bicyclic) bond motifs is 1. The summed E-state index contributed by atoms with van der Waals surface area (Å²) in [7, 11) is 0. The highest BCUT2D eigenvalue weighted by molar-refractivity contribution is 9.10. The van der Waals surface area contributed by atoms with Gasteiger partial charge in [0.2, 0.25) is 0 Å². The Morgan fingerprint density at radius 1 is 1.14 bits per heavy atom. The number of aromatic nitrogens is 1.